The first-order valence-corrected chi connectivity index (χ1v) is 5.53. The van der Waals surface area contributed by atoms with E-state index in [-0.39, 0.29) is 5.56 Å². The Hall–Kier alpha value is -2.43. The van der Waals surface area contributed by atoms with Gasteiger partial charge in [0.05, 0.1) is 11.4 Å². The fraction of sp³-hybridized carbons (Fsp3) is 0.154. The van der Waals surface area contributed by atoms with Crippen LogP contribution in [0.3, 0.4) is 0 Å². The van der Waals surface area contributed by atoms with E-state index in [4.69, 9.17) is 5.11 Å². The molecule has 5 heteroatoms. The molecule has 0 aliphatic heterocycles. The largest absolute Gasteiger partial charge is 0.477 e. The number of carboxylic acid groups (broad SMARTS) is 1. The van der Waals surface area contributed by atoms with Crippen molar-refractivity contribution in [2.24, 2.45) is 0 Å². The minimum absolute atomic E-state index is 0.225. The van der Waals surface area contributed by atoms with Gasteiger partial charge in [-0.2, -0.15) is 0 Å². The normalized spacial score (nSPS) is 10.3. The average molecular weight is 244 g/mol. The Labute approximate surface area is 103 Å². The Morgan fingerprint density at radius 1 is 1.33 bits per heavy atom. The van der Waals surface area contributed by atoms with Crippen molar-refractivity contribution >= 4 is 5.97 Å². The fourth-order valence-corrected chi connectivity index (χ4v) is 1.79. The number of nitrogens with zero attached hydrogens (tertiary/aromatic N) is 2. The van der Waals surface area contributed by atoms with Gasteiger partial charge in [0.2, 0.25) is 0 Å². The van der Waals surface area contributed by atoms with Gasteiger partial charge < -0.3 is 9.67 Å². The molecule has 0 aromatic carbocycles. The third kappa shape index (κ3) is 2.02. The standard InChI is InChI=1S/C13H12N2O3/c1-2-15-11(10-5-3-4-8-14-10)7-6-9(12(15)16)13(17)18/h3-8H,2H2,1H3,(H,17,18). The van der Waals surface area contributed by atoms with Crippen molar-refractivity contribution in [3.63, 3.8) is 0 Å². The van der Waals surface area contributed by atoms with Gasteiger partial charge in [0.15, 0.2) is 0 Å². The van der Waals surface area contributed by atoms with Crippen LogP contribution in [0.5, 0.6) is 0 Å². The van der Waals surface area contributed by atoms with E-state index in [1.54, 1.807) is 31.3 Å². The molecule has 0 saturated carbocycles. The Bertz CT molecular complexity index is 632. The molecule has 2 heterocycles. The molecule has 18 heavy (non-hydrogen) atoms. The second-order valence-corrected chi connectivity index (χ2v) is 3.70. The fourth-order valence-electron chi connectivity index (χ4n) is 1.79. The summed E-state index contributed by atoms with van der Waals surface area (Å²) in [5.74, 6) is -1.21. The molecule has 0 aliphatic rings. The van der Waals surface area contributed by atoms with E-state index >= 15 is 0 Å². The number of rotatable bonds is 3. The molecule has 0 atom stereocenters. The molecule has 0 unspecified atom stereocenters. The molecule has 0 saturated heterocycles. The summed E-state index contributed by atoms with van der Waals surface area (Å²) in [4.78, 5) is 27.1. The first kappa shape index (κ1) is 12.0. The minimum Gasteiger partial charge on any atom is -0.477 e. The Kier molecular flexibility index (Phi) is 3.23. The molecule has 1 N–H and O–H groups in total. The molecule has 2 aromatic rings. The van der Waals surface area contributed by atoms with Gasteiger partial charge in [-0.25, -0.2) is 4.79 Å². The molecule has 0 amide bonds. The predicted molar refractivity (Wildman–Crippen MR) is 66.6 cm³/mol. The van der Waals surface area contributed by atoms with Crippen molar-refractivity contribution in [3.8, 4) is 11.4 Å². The maximum Gasteiger partial charge on any atom is 0.341 e. The number of carboxylic acids is 1. The Balaban J connectivity index is 2.68. The van der Waals surface area contributed by atoms with Crippen LogP contribution in [0.1, 0.15) is 17.3 Å². The molecule has 0 radical (unpaired) electrons. The van der Waals surface area contributed by atoms with Gasteiger partial charge in [0, 0.05) is 12.7 Å². The van der Waals surface area contributed by atoms with E-state index in [1.165, 1.54) is 10.6 Å². The van der Waals surface area contributed by atoms with Crippen LogP contribution in [0.2, 0.25) is 0 Å². The second-order valence-electron chi connectivity index (χ2n) is 3.70. The van der Waals surface area contributed by atoms with Crippen LogP contribution in [0.15, 0.2) is 41.3 Å². The van der Waals surface area contributed by atoms with Gasteiger partial charge in [0.1, 0.15) is 5.56 Å². The molecular formula is C13H12N2O3. The van der Waals surface area contributed by atoms with Crippen molar-refractivity contribution in [3.05, 3.63) is 52.4 Å². The predicted octanol–water partition coefficient (Wildman–Crippen LogP) is 1.63. The molecule has 0 fully saturated rings. The summed E-state index contributed by atoms with van der Waals surface area (Å²) in [7, 11) is 0. The highest BCUT2D eigenvalue weighted by molar-refractivity contribution is 5.87. The summed E-state index contributed by atoms with van der Waals surface area (Å²) < 4.78 is 1.41. The van der Waals surface area contributed by atoms with E-state index in [0.717, 1.165) is 0 Å². The highest BCUT2D eigenvalue weighted by Crippen LogP contribution is 2.15. The molecule has 2 rings (SSSR count). The molecule has 5 nitrogen and oxygen atoms in total. The van der Waals surface area contributed by atoms with Crippen molar-refractivity contribution in [2.75, 3.05) is 0 Å². The van der Waals surface area contributed by atoms with Crippen LogP contribution in [0, 0.1) is 0 Å². The second kappa shape index (κ2) is 4.83. The lowest BCUT2D eigenvalue weighted by Crippen LogP contribution is -2.27. The molecule has 2 aromatic heterocycles. The van der Waals surface area contributed by atoms with Crippen molar-refractivity contribution in [1.29, 1.82) is 0 Å². The number of hydrogen-bond acceptors (Lipinski definition) is 3. The van der Waals surface area contributed by atoms with E-state index < -0.39 is 11.5 Å². The van der Waals surface area contributed by atoms with Crippen molar-refractivity contribution in [1.82, 2.24) is 9.55 Å². The first-order chi connectivity index (χ1) is 8.65. The van der Waals surface area contributed by atoms with Crippen molar-refractivity contribution < 1.29 is 9.90 Å². The Morgan fingerprint density at radius 3 is 2.67 bits per heavy atom. The number of hydrogen-bond donors (Lipinski definition) is 1. The lowest BCUT2D eigenvalue weighted by atomic mass is 10.2. The van der Waals surface area contributed by atoms with Gasteiger partial charge >= 0.3 is 5.97 Å². The van der Waals surface area contributed by atoms with Crippen LogP contribution in [-0.4, -0.2) is 20.6 Å². The first-order valence-electron chi connectivity index (χ1n) is 5.53. The summed E-state index contributed by atoms with van der Waals surface area (Å²) in [6, 6.07) is 8.31. The lowest BCUT2D eigenvalue weighted by molar-refractivity contribution is 0.0694. The zero-order chi connectivity index (χ0) is 13.1. The maximum atomic E-state index is 12.0. The number of carbonyl (C=O) groups is 1. The summed E-state index contributed by atoms with van der Waals surface area (Å²) in [5, 5.41) is 8.92. The number of aromatic carboxylic acids is 1. The zero-order valence-corrected chi connectivity index (χ0v) is 9.83. The topological polar surface area (TPSA) is 72.2 Å². The van der Waals surface area contributed by atoms with Crippen molar-refractivity contribution in [2.45, 2.75) is 13.5 Å². The van der Waals surface area contributed by atoms with Crippen LogP contribution in [0.25, 0.3) is 11.4 Å². The molecule has 0 spiro atoms. The smallest absolute Gasteiger partial charge is 0.341 e. The lowest BCUT2D eigenvalue weighted by Gasteiger charge is -2.10. The SMILES string of the molecule is CCn1c(-c2ccccn2)ccc(C(=O)O)c1=O. The van der Waals surface area contributed by atoms with Crippen LogP contribution in [-0.2, 0) is 6.54 Å². The Morgan fingerprint density at radius 2 is 2.11 bits per heavy atom. The third-order valence-corrected chi connectivity index (χ3v) is 2.65. The molecule has 0 aliphatic carbocycles. The molecular weight excluding hydrogens is 232 g/mol. The van der Waals surface area contributed by atoms with Gasteiger partial charge in [-0.3, -0.25) is 9.78 Å². The van der Waals surface area contributed by atoms with Gasteiger partial charge in [-0.1, -0.05) is 6.07 Å². The number of pyridine rings is 2. The van der Waals surface area contributed by atoms with Gasteiger partial charge in [-0.15, -0.1) is 0 Å². The summed E-state index contributed by atoms with van der Waals surface area (Å²) in [5.41, 5.74) is 0.533. The van der Waals surface area contributed by atoms with Crippen LogP contribution >= 0.6 is 0 Å². The minimum atomic E-state index is -1.21. The van der Waals surface area contributed by atoms with Crippen LogP contribution in [0.4, 0.5) is 0 Å². The zero-order valence-electron chi connectivity index (χ0n) is 9.83. The van der Waals surface area contributed by atoms with E-state index in [2.05, 4.69) is 4.98 Å². The van der Waals surface area contributed by atoms with Crippen LogP contribution < -0.4 is 5.56 Å². The van der Waals surface area contributed by atoms with E-state index in [9.17, 15) is 9.59 Å². The highest BCUT2D eigenvalue weighted by Gasteiger charge is 2.14. The average Bonchev–Trinajstić information content (AvgIpc) is 2.39. The highest BCUT2D eigenvalue weighted by atomic mass is 16.4. The third-order valence-electron chi connectivity index (χ3n) is 2.65. The number of aromatic nitrogens is 2. The summed E-state index contributed by atoms with van der Waals surface area (Å²) >= 11 is 0. The van der Waals surface area contributed by atoms with Gasteiger partial charge in [-0.05, 0) is 31.2 Å². The maximum absolute atomic E-state index is 12.0. The monoisotopic (exact) mass is 244 g/mol. The quantitative estimate of drug-likeness (QED) is 0.890. The molecule has 0 bridgehead atoms. The summed E-state index contributed by atoms with van der Waals surface area (Å²) in [6.45, 7) is 2.19. The molecule has 92 valence electrons. The van der Waals surface area contributed by atoms with Gasteiger partial charge in [0.25, 0.3) is 5.56 Å². The van der Waals surface area contributed by atoms with E-state index in [1.807, 2.05) is 6.07 Å². The summed E-state index contributed by atoms with van der Waals surface area (Å²) in [6.07, 6.45) is 1.63. The van der Waals surface area contributed by atoms with E-state index in [0.29, 0.717) is 17.9 Å².